The lowest BCUT2D eigenvalue weighted by atomic mass is 10.0. The Labute approximate surface area is 153 Å². The van der Waals surface area contributed by atoms with E-state index in [2.05, 4.69) is 109 Å². The van der Waals surface area contributed by atoms with Crippen LogP contribution in [0.5, 0.6) is 0 Å². The summed E-state index contributed by atoms with van der Waals surface area (Å²) in [6, 6.07) is 30.4. The zero-order valence-corrected chi connectivity index (χ0v) is 14.7. The highest BCUT2D eigenvalue weighted by atomic mass is 15.1. The number of rotatable bonds is 1. The quantitative estimate of drug-likeness (QED) is 0.316. The summed E-state index contributed by atoms with van der Waals surface area (Å²) in [5.74, 6) is 0. The average molecular weight is 333 g/mol. The van der Waals surface area contributed by atoms with E-state index < -0.39 is 0 Å². The Bertz CT molecular complexity index is 1150. The molecule has 5 rings (SSSR count). The minimum Gasteiger partial charge on any atom is -0.309 e. The van der Waals surface area contributed by atoms with E-state index in [1.165, 1.54) is 44.5 Å². The molecular formula is C25H19N. The minimum absolute atomic E-state index is 1.21. The van der Waals surface area contributed by atoms with E-state index in [0.717, 1.165) is 0 Å². The van der Waals surface area contributed by atoms with Crippen molar-refractivity contribution in [1.29, 1.82) is 0 Å². The predicted octanol–water partition coefficient (Wildman–Crippen LogP) is 7.10. The van der Waals surface area contributed by atoms with Crippen LogP contribution >= 0.6 is 0 Å². The minimum atomic E-state index is 1.21. The highest BCUT2D eigenvalue weighted by Gasteiger charge is 2.21. The van der Waals surface area contributed by atoms with Crippen LogP contribution in [-0.2, 0) is 0 Å². The van der Waals surface area contributed by atoms with Crippen LogP contribution < -0.4 is 4.90 Å². The summed E-state index contributed by atoms with van der Waals surface area (Å²) < 4.78 is 0. The Hall–Kier alpha value is -3.32. The monoisotopic (exact) mass is 333 g/mol. The van der Waals surface area contributed by atoms with E-state index in [9.17, 15) is 0 Å². The Morgan fingerprint density at radius 2 is 1.27 bits per heavy atom. The van der Waals surface area contributed by atoms with Gasteiger partial charge in [-0.1, -0.05) is 78.9 Å². The summed E-state index contributed by atoms with van der Waals surface area (Å²) in [7, 11) is 0. The van der Waals surface area contributed by atoms with Gasteiger partial charge in [-0.15, -0.1) is 0 Å². The Morgan fingerprint density at radius 1 is 0.577 bits per heavy atom. The fourth-order valence-corrected chi connectivity index (χ4v) is 3.79. The van der Waals surface area contributed by atoms with Crippen LogP contribution in [0, 0.1) is 6.92 Å². The molecule has 0 aromatic heterocycles. The third kappa shape index (κ3) is 2.33. The summed E-state index contributed by atoms with van der Waals surface area (Å²) in [6.45, 7) is 2.15. The van der Waals surface area contributed by atoms with Crippen LogP contribution in [-0.4, -0.2) is 0 Å². The lowest BCUT2D eigenvalue weighted by molar-refractivity contribution is 1.28. The molecule has 0 N–H and O–H groups in total. The molecule has 0 radical (unpaired) electrons. The fourth-order valence-electron chi connectivity index (χ4n) is 3.79. The van der Waals surface area contributed by atoms with Gasteiger partial charge < -0.3 is 4.90 Å². The Kier molecular flexibility index (Phi) is 3.39. The van der Waals surface area contributed by atoms with Crippen LogP contribution in [0.1, 0.15) is 16.7 Å². The predicted molar refractivity (Wildman–Crippen MR) is 112 cm³/mol. The van der Waals surface area contributed by atoms with Crippen molar-refractivity contribution in [3.05, 3.63) is 102 Å². The second-order valence-corrected chi connectivity index (χ2v) is 6.79. The molecule has 0 fully saturated rings. The molecule has 0 bridgehead atoms. The number of fused-ring (bicyclic) bond motifs is 3. The fraction of sp³-hybridized carbons (Fsp3) is 0.0400. The topological polar surface area (TPSA) is 3.24 Å². The normalized spacial score (nSPS) is 12.6. The first-order chi connectivity index (χ1) is 12.8. The van der Waals surface area contributed by atoms with Gasteiger partial charge in [0.25, 0.3) is 0 Å². The first-order valence-electron chi connectivity index (χ1n) is 8.97. The van der Waals surface area contributed by atoms with Crippen molar-refractivity contribution < 1.29 is 0 Å². The number of hydrogen-bond donors (Lipinski definition) is 0. The highest BCUT2D eigenvalue weighted by molar-refractivity contribution is 6.02. The number of benzene rings is 4. The molecule has 0 atom stereocenters. The molecule has 0 spiro atoms. The zero-order valence-electron chi connectivity index (χ0n) is 14.7. The van der Waals surface area contributed by atoms with Crippen molar-refractivity contribution in [2.45, 2.75) is 6.92 Å². The van der Waals surface area contributed by atoms with Crippen molar-refractivity contribution in [2.75, 3.05) is 4.90 Å². The van der Waals surface area contributed by atoms with Crippen molar-refractivity contribution in [2.24, 2.45) is 0 Å². The Morgan fingerprint density at radius 3 is 2.19 bits per heavy atom. The number of aryl methyl sites for hydroxylation is 1. The van der Waals surface area contributed by atoms with Crippen molar-refractivity contribution in [1.82, 2.24) is 0 Å². The van der Waals surface area contributed by atoms with E-state index in [0.29, 0.717) is 0 Å². The second-order valence-electron chi connectivity index (χ2n) is 6.79. The van der Waals surface area contributed by atoms with Crippen molar-refractivity contribution in [3.8, 4) is 0 Å². The molecule has 0 saturated heterocycles. The largest absolute Gasteiger partial charge is 0.309 e. The summed E-state index contributed by atoms with van der Waals surface area (Å²) in [5.41, 5.74) is 7.38. The number of hydrogen-bond acceptors (Lipinski definition) is 1. The van der Waals surface area contributed by atoms with E-state index in [1.807, 2.05) is 0 Å². The van der Waals surface area contributed by atoms with Gasteiger partial charge in [0.2, 0.25) is 0 Å². The van der Waals surface area contributed by atoms with E-state index in [1.54, 1.807) is 0 Å². The average Bonchev–Trinajstić information content (AvgIpc) is 2.84. The lowest BCUT2D eigenvalue weighted by Gasteiger charge is -2.28. The molecule has 1 aliphatic rings. The third-order valence-corrected chi connectivity index (χ3v) is 5.05. The standard InChI is InChI=1S/C25H19N/c1-18-13-14-21-16-15-20-8-3-5-11-23(20)26(25(21)17-18)24-12-6-9-19-7-2-4-10-22(19)24/h2-17H,1H3. The van der Waals surface area contributed by atoms with Gasteiger partial charge in [-0.05, 0) is 47.2 Å². The van der Waals surface area contributed by atoms with Crippen LogP contribution in [0.25, 0.3) is 22.9 Å². The van der Waals surface area contributed by atoms with Gasteiger partial charge >= 0.3 is 0 Å². The smallest absolute Gasteiger partial charge is 0.0540 e. The second kappa shape index (κ2) is 5.89. The van der Waals surface area contributed by atoms with Gasteiger partial charge in [-0.2, -0.15) is 0 Å². The van der Waals surface area contributed by atoms with Gasteiger partial charge in [-0.3, -0.25) is 0 Å². The molecule has 4 aromatic rings. The Balaban J connectivity index is 1.88. The molecular weight excluding hydrogens is 314 g/mol. The van der Waals surface area contributed by atoms with Gasteiger partial charge in [-0.25, -0.2) is 0 Å². The van der Waals surface area contributed by atoms with Gasteiger partial charge in [0.15, 0.2) is 0 Å². The molecule has 0 unspecified atom stereocenters. The molecule has 4 aromatic carbocycles. The molecule has 1 nitrogen and oxygen atoms in total. The molecule has 26 heavy (non-hydrogen) atoms. The van der Waals surface area contributed by atoms with E-state index in [-0.39, 0.29) is 0 Å². The first kappa shape index (κ1) is 15.0. The summed E-state index contributed by atoms with van der Waals surface area (Å²) in [5, 5.41) is 2.52. The van der Waals surface area contributed by atoms with E-state index in [4.69, 9.17) is 0 Å². The zero-order chi connectivity index (χ0) is 17.5. The number of para-hydroxylation sites is 1. The molecule has 1 aliphatic heterocycles. The molecule has 124 valence electrons. The number of anilines is 3. The van der Waals surface area contributed by atoms with Crippen molar-refractivity contribution in [3.63, 3.8) is 0 Å². The summed E-state index contributed by atoms with van der Waals surface area (Å²) in [6.07, 6.45) is 4.44. The van der Waals surface area contributed by atoms with Crippen LogP contribution in [0.2, 0.25) is 0 Å². The highest BCUT2D eigenvalue weighted by Crippen LogP contribution is 2.44. The maximum absolute atomic E-state index is 2.40. The molecule has 0 aliphatic carbocycles. The SMILES string of the molecule is Cc1ccc2c(c1)N(c1cccc3ccccc13)c1ccccc1C=C2. The number of nitrogens with zero attached hydrogens (tertiary/aromatic N) is 1. The third-order valence-electron chi connectivity index (χ3n) is 5.05. The maximum atomic E-state index is 2.40. The molecule has 0 saturated carbocycles. The molecule has 1 heterocycles. The van der Waals surface area contributed by atoms with Gasteiger partial charge in [0, 0.05) is 5.39 Å². The van der Waals surface area contributed by atoms with Crippen LogP contribution in [0.4, 0.5) is 17.1 Å². The summed E-state index contributed by atoms with van der Waals surface area (Å²) >= 11 is 0. The molecule has 0 amide bonds. The molecule has 1 heteroatoms. The van der Waals surface area contributed by atoms with Gasteiger partial charge in [0.05, 0.1) is 17.1 Å². The van der Waals surface area contributed by atoms with Crippen LogP contribution in [0.15, 0.2) is 84.9 Å². The summed E-state index contributed by atoms with van der Waals surface area (Å²) in [4.78, 5) is 2.40. The lowest BCUT2D eigenvalue weighted by Crippen LogP contribution is -2.12. The van der Waals surface area contributed by atoms with Gasteiger partial charge in [0.1, 0.15) is 0 Å². The first-order valence-corrected chi connectivity index (χ1v) is 8.97. The maximum Gasteiger partial charge on any atom is 0.0540 e. The van der Waals surface area contributed by atoms with Crippen molar-refractivity contribution >= 4 is 40.0 Å². The van der Waals surface area contributed by atoms with E-state index >= 15 is 0 Å². The van der Waals surface area contributed by atoms with Crippen LogP contribution in [0.3, 0.4) is 0 Å².